The maximum absolute atomic E-state index is 10.0. The highest BCUT2D eigenvalue weighted by Crippen LogP contribution is 2.07. The van der Waals surface area contributed by atoms with E-state index < -0.39 is 9.85 Å². The molecule has 0 atom stereocenters. The smallest absolute Gasteiger partial charge is 0.269 e. The minimum Gasteiger partial charge on any atom is -0.397 e. The number of nitrogens with zero attached hydrogens (tertiary/aromatic N) is 2. The van der Waals surface area contributed by atoms with E-state index in [2.05, 4.69) is 25.3 Å². The topological polar surface area (TPSA) is 202 Å². The Balaban J connectivity index is -0.0000000366. The molecule has 0 fully saturated rings. The Morgan fingerprint density at radius 3 is 0.905 bits per heavy atom. The lowest BCUT2D eigenvalue weighted by Gasteiger charge is -1.86. The standard InChI is InChI=1S/2C6H5NO2.C4H10O.C3H8.2C2H5NO.C2H6O.5CH4/c2*8-7(9)6-4-2-1-3-5-6;1-3-5-4-2;1-3-2;2*1-2(3)4;1-2-3;;;;;/h2*1-5H;3-4H2,1-2H3;3H2,1-2H3;2*1H3,(H2,3,4);3H,2H2,1H3;5*1H4. The molecule has 5 N–H and O–H groups in total. The van der Waals surface area contributed by atoms with Gasteiger partial charge in [-0.15, -0.1) is 0 Å². The summed E-state index contributed by atoms with van der Waals surface area (Å²) in [5, 5.41) is 27.6. The van der Waals surface area contributed by atoms with Crippen LogP contribution in [0.25, 0.3) is 0 Å². The van der Waals surface area contributed by atoms with Crippen molar-refractivity contribution >= 4 is 23.2 Å². The molecule has 2 aromatic carbocycles. The summed E-state index contributed by atoms with van der Waals surface area (Å²) in [5.41, 5.74) is 9.22. The van der Waals surface area contributed by atoms with Crippen LogP contribution in [0.1, 0.15) is 92.0 Å². The summed E-state index contributed by atoms with van der Waals surface area (Å²) in [6.45, 7) is 14.5. The number of nitro benzene ring substituents is 2. The van der Waals surface area contributed by atoms with Gasteiger partial charge in [-0.2, -0.15) is 0 Å². The van der Waals surface area contributed by atoms with Gasteiger partial charge < -0.3 is 21.3 Å². The number of nitrogens with two attached hydrogens (primary N) is 2. The lowest BCUT2D eigenvalue weighted by atomic mass is 10.3. The van der Waals surface area contributed by atoms with Gasteiger partial charge in [0.1, 0.15) is 0 Å². The summed E-state index contributed by atoms with van der Waals surface area (Å²) < 4.78 is 4.83. The van der Waals surface area contributed by atoms with Gasteiger partial charge in [-0.25, -0.2) is 0 Å². The van der Waals surface area contributed by atoms with Gasteiger partial charge in [0.05, 0.1) is 9.85 Å². The molecular formula is C30H64N4O8. The van der Waals surface area contributed by atoms with Crippen molar-refractivity contribution in [1.82, 2.24) is 0 Å². The highest BCUT2D eigenvalue weighted by atomic mass is 16.6. The Morgan fingerprint density at radius 1 is 0.667 bits per heavy atom. The molecule has 12 heteroatoms. The third-order valence-corrected chi connectivity index (χ3v) is 2.34. The lowest BCUT2D eigenvalue weighted by molar-refractivity contribution is -0.385. The van der Waals surface area contributed by atoms with Crippen LogP contribution in [-0.4, -0.2) is 46.6 Å². The molecule has 12 nitrogen and oxygen atoms in total. The number of ether oxygens (including phenoxy) is 1. The SMILES string of the molecule is C.C.C.C.C.CC(N)=O.CC(N)=O.CCC.CCO.CCOCC.O=[N+]([O-])c1ccccc1.O=[N+]([O-])c1ccccc1. The number of aliphatic hydroxyl groups is 1. The van der Waals surface area contributed by atoms with Crippen LogP contribution in [0.15, 0.2) is 60.7 Å². The van der Waals surface area contributed by atoms with Crippen molar-refractivity contribution in [1.29, 1.82) is 0 Å². The number of hydrogen-bond donors (Lipinski definition) is 3. The highest BCUT2D eigenvalue weighted by Gasteiger charge is 1.99. The summed E-state index contributed by atoms with van der Waals surface area (Å²) in [4.78, 5) is 37.6. The first-order valence-corrected chi connectivity index (χ1v) is 11.4. The second-order valence-corrected chi connectivity index (χ2v) is 6.21. The molecule has 42 heavy (non-hydrogen) atoms. The Labute approximate surface area is 256 Å². The number of amides is 2. The van der Waals surface area contributed by atoms with Crippen LogP contribution in [0.5, 0.6) is 0 Å². The predicted octanol–water partition coefficient (Wildman–Crippen LogP) is 7.81. The van der Waals surface area contributed by atoms with E-state index in [0.29, 0.717) is 0 Å². The Morgan fingerprint density at radius 2 is 0.833 bits per heavy atom. The molecule has 0 aliphatic rings. The van der Waals surface area contributed by atoms with Gasteiger partial charge >= 0.3 is 0 Å². The molecule has 0 aromatic heterocycles. The number of nitro groups is 2. The average molecular weight is 609 g/mol. The molecule has 0 saturated carbocycles. The summed E-state index contributed by atoms with van der Waals surface area (Å²) in [7, 11) is 0. The van der Waals surface area contributed by atoms with Crippen LogP contribution in [-0.2, 0) is 14.3 Å². The Bertz CT molecular complexity index is 706. The lowest BCUT2D eigenvalue weighted by Crippen LogP contribution is -2.01. The number of rotatable bonds is 4. The Hall–Kier alpha value is -3.90. The fourth-order valence-electron chi connectivity index (χ4n) is 1.30. The predicted molar refractivity (Wildman–Crippen MR) is 180 cm³/mol. The monoisotopic (exact) mass is 608 g/mol. The molecule has 0 heterocycles. The van der Waals surface area contributed by atoms with Crippen molar-refractivity contribution in [3.05, 3.63) is 80.9 Å². The van der Waals surface area contributed by atoms with Crippen molar-refractivity contribution in [2.45, 2.75) is 92.0 Å². The number of non-ortho nitro benzene ring substituents is 2. The van der Waals surface area contributed by atoms with Gasteiger partial charge in [0, 0.05) is 57.9 Å². The van der Waals surface area contributed by atoms with Crippen LogP contribution in [0.4, 0.5) is 11.4 Å². The van der Waals surface area contributed by atoms with E-state index in [0.717, 1.165) is 13.2 Å². The molecular weight excluding hydrogens is 544 g/mol. The first-order valence-electron chi connectivity index (χ1n) is 11.4. The molecule has 2 aromatic rings. The van der Waals surface area contributed by atoms with Crippen molar-refractivity contribution in [2.24, 2.45) is 11.5 Å². The van der Waals surface area contributed by atoms with E-state index in [1.165, 1.54) is 44.5 Å². The van der Waals surface area contributed by atoms with E-state index in [1.807, 2.05) is 13.8 Å². The van der Waals surface area contributed by atoms with E-state index in [4.69, 9.17) is 9.84 Å². The number of carbonyl (C=O) groups is 2. The molecule has 0 radical (unpaired) electrons. The van der Waals surface area contributed by atoms with Crippen molar-refractivity contribution in [2.75, 3.05) is 19.8 Å². The second-order valence-electron chi connectivity index (χ2n) is 6.21. The molecule has 2 amide bonds. The van der Waals surface area contributed by atoms with Crippen molar-refractivity contribution in [3.63, 3.8) is 0 Å². The van der Waals surface area contributed by atoms with Crippen LogP contribution >= 0.6 is 0 Å². The first-order chi connectivity index (χ1) is 17.3. The second kappa shape index (κ2) is 57.1. The van der Waals surface area contributed by atoms with Gasteiger partial charge in [0.2, 0.25) is 11.8 Å². The molecule has 0 saturated heterocycles. The minimum atomic E-state index is -0.417. The third kappa shape index (κ3) is 91.1. The molecule has 0 bridgehead atoms. The zero-order chi connectivity index (χ0) is 30.1. The summed E-state index contributed by atoms with van der Waals surface area (Å²) in [6, 6.07) is 15.9. The first kappa shape index (κ1) is 66.4. The molecule has 0 aliphatic carbocycles. The Kier molecular flexibility index (Phi) is 90.3. The number of benzene rings is 2. The largest absolute Gasteiger partial charge is 0.397 e. The maximum Gasteiger partial charge on any atom is 0.269 e. The fraction of sp³-hybridized carbons (Fsp3) is 0.533. The summed E-state index contributed by atoms with van der Waals surface area (Å²) in [6.07, 6.45) is 1.25. The van der Waals surface area contributed by atoms with Crippen LogP contribution in [0, 0.1) is 20.2 Å². The van der Waals surface area contributed by atoms with Crippen molar-refractivity contribution < 1.29 is 29.3 Å². The van der Waals surface area contributed by atoms with Gasteiger partial charge in [0.25, 0.3) is 11.4 Å². The number of carbonyl (C=O) groups excluding carboxylic acids is 2. The normalized spacial score (nSPS) is 6.86. The zero-order valence-electron chi connectivity index (χ0n) is 23.0. The number of primary amides is 2. The average Bonchev–Trinajstić information content (AvgIpc) is 2.82. The number of hydrogen-bond acceptors (Lipinski definition) is 8. The summed E-state index contributed by atoms with van der Waals surface area (Å²) in [5.74, 6) is -0.667. The van der Waals surface area contributed by atoms with Gasteiger partial charge in [-0.3, -0.25) is 29.8 Å². The van der Waals surface area contributed by atoms with Gasteiger partial charge in [0.15, 0.2) is 0 Å². The number of para-hydroxylation sites is 2. The zero-order valence-corrected chi connectivity index (χ0v) is 23.0. The molecule has 0 spiro atoms. The maximum atomic E-state index is 10.0. The van der Waals surface area contributed by atoms with Crippen LogP contribution in [0.2, 0.25) is 0 Å². The number of aliphatic hydroxyl groups excluding tert-OH is 1. The van der Waals surface area contributed by atoms with E-state index in [-0.39, 0.29) is 66.9 Å². The van der Waals surface area contributed by atoms with E-state index in [9.17, 15) is 29.8 Å². The van der Waals surface area contributed by atoms with Crippen LogP contribution in [0.3, 0.4) is 0 Å². The van der Waals surface area contributed by atoms with Gasteiger partial charge in [-0.1, -0.05) is 93.8 Å². The molecule has 2 rings (SSSR count). The van der Waals surface area contributed by atoms with E-state index in [1.54, 1.807) is 43.3 Å². The van der Waals surface area contributed by atoms with E-state index >= 15 is 0 Å². The highest BCUT2D eigenvalue weighted by molar-refractivity contribution is 5.70. The molecule has 0 unspecified atom stereocenters. The summed E-state index contributed by atoms with van der Waals surface area (Å²) >= 11 is 0. The minimum absolute atomic E-state index is 0. The van der Waals surface area contributed by atoms with Crippen molar-refractivity contribution in [3.8, 4) is 0 Å². The molecule has 0 aliphatic heterocycles. The molecule has 252 valence electrons. The van der Waals surface area contributed by atoms with Crippen LogP contribution < -0.4 is 11.5 Å². The quantitative estimate of drug-likeness (QED) is 0.230. The van der Waals surface area contributed by atoms with Gasteiger partial charge in [-0.05, 0) is 20.8 Å². The fourth-order valence-corrected chi connectivity index (χ4v) is 1.30. The third-order valence-electron chi connectivity index (χ3n) is 2.34.